The van der Waals surface area contributed by atoms with Gasteiger partial charge >= 0.3 is 0 Å². The molecule has 25 heavy (non-hydrogen) atoms. The molecule has 2 amide bonds. The Morgan fingerprint density at radius 2 is 1.84 bits per heavy atom. The quantitative estimate of drug-likeness (QED) is 0.476. The van der Waals surface area contributed by atoms with Crippen LogP contribution >= 0.6 is 0 Å². The van der Waals surface area contributed by atoms with Gasteiger partial charge in [0, 0.05) is 11.8 Å². The summed E-state index contributed by atoms with van der Waals surface area (Å²) < 4.78 is 0. The fraction of sp³-hybridized carbons (Fsp3) is 0.400. The average Bonchev–Trinajstić information content (AvgIpc) is 2.62. The zero-order valence-electron chi connectivity index (χ0n) is 15.2. The lowest BCUT2D eigenvalue weighted by Crippen LogP contribution is -2.37. The molecule has 0 heterocycles. The summed E-state index contributed by atoms with van der Waals surface area (Å²) in [5.74, 6) is -0.314. The molecule has 1 unspecified atom stereocenters. The fourth-order valence-corrected chi connectivity index (χ4v) is 2.23. The summed E-state index contributed by atoms with van der Waals surface area (Å²) >= 11 is 0. The van der Waals surface area contributed by atoms with Crippen molar-refractivity contribution in [3.63, 3.8) is 0 Å². The summed E-state index contributed by atoms with van der Waals surface area (Å²) in [5, 5.41) is 14.7. The lowest BCUT2D eigenvalue weighted by atomic mass is 10.1. The first-order valence-electron chi connectivity index (χ1n) is 8.65. The Bertz CT molecular complexity index is 614. The molecule has 1 aromatic rings. The van der Waals surface area contributed by atoms with Gasteiger partial charge in [0.25, 0.3) is 0 Å². The number of carbonyl (C=O) groups excluding carboxylic acids is 2. The minimum Gasteiger partial charge on any atom is -0.394 e. The number of hydrogen-bond donors (Lipinski definition) is 3. The van der Waals surface area contributed by atoms with Crippen LogP contribution in [0.3, 0.4) is 0 Å². The highest BCUT2D eigenvalue weighted by Crippen LogP contribution is 2.11. The molecule has 1 atom stereocenters. The van der Waals surface area contributed by atoms with E-state index in [0.717, 1.165) is 17.6 Å². The Morgan fingerprint density at radius 1 is 1.16 bits per heavy atom. The number of nitrogens with one attached hydrogen (secondary N) is 2. The van der Waals surface area contributed by atoms with E-state index < -0.39 is 0 Å². The Kier molecular flexibility index (Phi) is 9.25. The summed E-state index contributed by atoms with van der Waals surface area (Å²) in [6.45, 7) is 5.83. The normalized spacial score (nSPS) is 12.9. The summed E-state index contributed by atoms with van der Waals surface area (Å²) in [6.07, 6.45) is 7.11. The van der Waals surface area contributed by atoms with Crippen LogP contribution in [0.2, 0.25) is 0 Å². The van der Waals surface area contributed by atoms with E-state index in [0.29, 0.717) is 12.1 Å². The zero-order chi connectivity index (χ0) is 18.7. The molecule has 1 rings (SSSR count). The van der Waals surface area contributed by atoms with Crippen LogP contribution in [0.25, 0.3) is 0 Å². The summed E-state index contributed by atoms with van der Waals surface area (Å²) in [5.41, 5.74) is 2.63. The first-order valence-corrected chi connectivity index (χ1v) is 8.65. The second-order valence-electron chi connectivity index (χ2n) is 5.77. The maximum Gasteiger partial charge on any atom is 0.248 e. The largest absolute Gasteiger partial charge is 0.394 e. The van der Waals surface area contributed by atoms with Crippen molar-refractivity contribution < 1.29 is 14.7 Å². The molecule has 0 fully saturated rings. The smallest absolute Gasteiger partial charge is 0.248 e. The Labute approximate surface area is 149 Å². The molecule has 0 aromatic heterocycles. The van der Waals surface area contributed by atoms with Gasteiger partial charge in [0.15, 0.2) is 0 Å². The average molecular weight is 344 g/mol. The second-order valence-corrected chi connectivity index (χ2v) is 5.77. The van der Waals surface area contributed by atoms with Gasteiger partial charge < -0.3 is 15.7 Å². The first-order chi connectivity index (χ1) is 12.0. The number of rotatable bonds is 9. The number of anilines is 1. The predicted octanol–water partition coefficient (Wildman–Crippen LogP) is 2.97. The summed E-state index contributed by atoms with van der Waals surface area (Å²) in [4.78, 5) is 23.8. The van der Waals surface area contributed by atoms with E-state index in [2.05, 4.69) is 10.6 Å². The number of aliphatic hydroxyl groups excluding tert-OH is 1. The van der Waals surface area contributed by atoms with Crippen molar-refractivity contribution >= 4 is 17.5 Å². The molecular weight excluding hydrogens is 316 g/mol. The molecule has 5 heteroatoms. The molecule has 0 radical (unpaired) electrons. The van der Waals surface area contributed by atoms with Crippen LogP contribution in [-0.2, 0) is 16.0 Å². The van der Waals surface area contributed by atoms with Crippen molar-refractivity contribution in [3.05, 3.63) is 53.6 Å². The third kappa shape index (κ3) is 7.81. The van der Waals surface area contributed by atoms with E-state index in [1.165, 1.54) is 6.08 Å². The number of hydrogen-bond acceptors (Lipinski definition) is 3. The predicted molar refractivity (Wildman–Crippen MR) is 101 cm³/mol. The minimum absolute atomic E-state index is 0.0618. The number of benzene rings is 1. The lowest BCUT2D eigenvalue weighted by Gasteiger charge is -2.14. The van der Waals surface area contributed by atoms with E-state index in [1.54, 1.807) is 18.2 Å². The number of carbonyl (C=O) groups is 2. The SMILES string of the molecule is CC=C(/C=C/C(=O)Nc1ccc(CC(=O)NC(CC)CO)cc1)CC. The summed E-state index contributed by atoms with van der Waals surface area (Å²) in [7, 11) is 0. The zero-order valence-corrected chi connectivity index (χ0v) is 15.2. The van der Waals surface area contributed by atoms with E-state index >= 15 is 0 Å². The molecule has 0 aliphatic carbocycles. The van der Waals surface area contributed by atoms with Gasteiger partial charge in [0.1, 0.15) is 0 Å². The van der Waals surface area contributed by atoms with E-state index in [4.69, 9.17) is 5.11 Å². The molecule has 0 saturated carbocycles. The van der Waals surface area contributed by atoms with Crippen LogP contribution in [0.1, 0.15) is 39.2 Å². The van der Waals surface area contributed by atoms with E-state index in [-0.39, 0.29) is 30.9 Å². The lowest BCUT2D eigenvalue weighted by molar-refractivity contribution is -0.121. The number of aliphatic hydroxyl groups is 1. The van der Waals surface area contributed by atoms with Crippen LogP contribution in [0.5, 0.6) is 0 Å². The minimum atomic E-state index is -0.206. The topological polar surface area (TPSA) is 78.4 Å². The summed E-state index contributed by atoms with van der Waals surface area (Å²) in [6, 6.07) is 6.95. The maximum atomic E-state index is 11.9. The highest BCUT2D eigenvalue weighted by atomic mass is 16.3. The number of amides is 2. The molecule has 136 valence electrons. The van der Waals surface area contributed by atoms with E-state index in [9.17, 15) is 9.59 Å². The third-order valence-electron chi connectivity index (χ3n) is 3.89. The maximum absolute atomic E-state index is 11.9. The van der Waals surface area contributed by atoms with Gasteiger partial charge in [-0.05, 0) is 37.5 Å². The van der Waals surface area contributed by atoms with Gasteiger partial charge in [-0.25, -0.2) is 0 Å². The van der Waals surface area contributed by atoms with Gasteiger partial charge in [-0.3, -0.25) is 9.59 Å². The van der Waals surface area contributed by atoms with Crippen LogP contribution in [0.4, 0.5) is 5.69 Å². The number of allylic oxidation sites excluding steroid dienone is 3. The van der Waals surface area contributed by atoms with Gasteiger partial charge in [-0.2, -0.15) is 0 Å². The molecule has 0 aliphatic rings. The fourth-order valence-electron chi connectivity index (χ4n) is 2.23. The molecule has 3 N–H and O–H groups in total. The van der Waals surface area contributed by atoms with Crippen LogP contribution < -0.4 is 10.6 Å². The van der Waals surface area contributed by atoms with Gasteiger partial charge in [0.2, 0.25) is 11.8 Å². The molecule has 5 nitrogen and oxygen atoms in total. The van der Waals surface area contributed by atoms with Crippen LogP contribution in [-0.4, -0.2) is 29.6 Å². The van der Waals surface area contributed by atoms with Crippen molar-refractivity contribution in [3.8, 4) is 0 Å². The van der Waals surface area contributed by atoms with Gasteiger partial charge in [0.05, 0.1) is 19.1 Å². The second kappa shape index (κ2) is 11.2. The monoisotopic (exact) mass is 344 g/mol. The molecular formula is C20H28N2O3. The first kappa shape index (κ1) is 20.6. The molecule has 0 spiro atoms. The standard InChI is InChI=1S/C20H28N2O3/c1-4-15(5-2)9-12-19(24)22-18-10-7-16(8-11-18)13-20(25)21-17(6-3)14-23/h4,7-12,17,23H,5-6,13-14H2,1-3H3,(H,21,25)(H,22,24)/b12-9+,15-4?. The van der Waals surface area contributed by atoms with Crippen molar-refractivity contribution in [2.24, 2.45) is 0 Å². The van der Waals surface area contributed by atoms with Gasteiger partial charge in [-0.15, -0.1) is 0 Å². The highest BCUT2D eigenvalue weighted by Gasteiger charge is 2.09. The van der Waals surface area contributed by atoms with Gasteiger partial charge in [-0.1, -0.05) is 43.7 Å². The van der Waals surface area contributed by atoms with Crippen molar-refractivity contribution in [2.45, 2.75) is 46.1 Å². The van der Waals surface area contributed by atoms with Crippen LogP contribution in [0, 0.1) is 0 Å². The Balaban J connectivity index is 2.56. The Hall–Kier alpha value is -2.40. The Morgan fingerprint density at radius 3 is 2.36 bits per heavy atom. The highest BCUT2D eigenvalue weighted by molar-refractivity contribution is 5.99. The van der Waals surface area contributed by atoms with Crippen molar-refractivity contribution in [1.29, 1.82) is 0 Å². The molecule has 0 bridgehead atoms. The molecule has 1 aromatic carbocycles. The molecule has 0 saturated heterocycles. The van der Waals surface area contributed by atoms with Crippen molar-refractivity contribution in [2.75, 3.05) is 11.9 Å². The van der Waals surface area contributed by atoms with E-state index in [1.807, 2.05) is 39.0 Å². The third-order valence-corrected chi connectivity index (χ3v) is 3.89. The molecule has 0 aliphatic heterocycles. The van der Waals surface area contributed by atoms with Crippen molar-refractivity contribution in [1.82, 2.24) is 5.32 Å². The van der Waals surface area contributed by atoms with Crippen LogP contribution in [0.15, 0.2) is 48.1 Å².